The molecule has 0 unspecified atom stereocenters. The summed E-state index contributed by atoms with van der Waals surface area (Å²) in [6.45, 7) is 4.52. The van der Waals surface area contributed by atoms with Crippen LogP contribution in [-0.2, 0) is 0 Å². The third-order valence-corrected chi connectivity index (χ3v) is 2.31. The predicted octanol–water partition coefficient (Wildman–Crippen LogP) is 1.85. The van der Waals surface area contributed by atoms with E-state index < -0.39 is 5.51 Å². The molecule has 0 aromatic rings. The molecule has 0 aromatic carbocycles. The van der Waals surface area contributed by atoms with Crippen molar-refractivity contribution in [3.8, 4) is 0 Å². The summed E-state index contributed by atoms with van der Waals surface area (Å²) in [5, 5.41) is 11.7. The number of aliphatic hydroxyl groups is 1. The van der Waals surface area contributed by atoms with Crippen molar-refractivity contribution in [1.29, 1.82) is 0 Å². The van der Waals surface area contributed by atoms with Crippen molar-refractivity contribution in [3.05, 3.63) is 0 Å². The molecule has 0 heterocycles. The molecular weight excluding hydrogens is 215 g/mol. The Labute approximate surface area is 86.3 Å². The molecule has 14 heavy (non-hydrogen) atoms. The normalized spacial score (nSPS) is 13.3. The van der Waals surface area contributed by atoms with Crippen LogP contribution in [0, 0.1) is 5.41 Å². The predicted molar refractivity (Wildman–Crippen MR) is 52.2 cm³/mol. The summed E-state index contributed by atoms with van der Waals surface area (Å²) in [5.41, 5.74) is -4.42. The Bertz CT molecular complexity index is 161. The molecule has 0 atom stereocenters. The van der Waals surface area contributed by atoms with Crippen LogP contribution in [0.5, 0.6) is 0 Å². The summed E-state index contributed by atoms with van der Waals surface area (Å²) < 4.78 is 35.0. The maximum Gasteiger partial charge on any atom is 0.441 e. The smallest absolute Gasteiger partial charge is 0.396 e. The molecule has 0 spiro atoms. The fourth-order valence-corrected chi connectivity index (χ4v) is 1.20. The summed E-state index contributed by atoms with van der Waals surface area (Å²) >= 11 is -0.0333. The lowest BCUT2D eigenvalue weighted by molar-refractivity contribution is -0.0327. The van der Waals surface area contributed by atoms with Crippen LogP contribution >= 0.6 is 11.8 Å². The Morgan fingerprint density at radius 3 is 2.29 bits per heavy atom. The van der Waals surface area contributed by atoms with E-state index >= 15 is 0 Å². The monoisotopic (exact) mass is 231 g/mol. The van der Waals surface area contributed by atoms with E-state index in [1.165, 1.54) is 0 Å². The zero-order valence-electron chi connectivity index (χ0n) is 8.32. The highest BCUT2D eigenvalue weighted by Crippen LogP contribution is 2.29. The molecule has 2 nitrogen and oxygen atoms in total. The minimum atomic E-state index is -4.14. The number of nitrogens with one attached hydrogen (secondary N) is 1. The fraction of sp³-hybridized carbons (Fsp3) is 1.00. The average Bonchev–Trinajstić information content (AvgIpc) is 2.01. The first-order valence-corrected chi connectivity index (χ1v) is 5.28. The van der Waals surface area contributed by atoms with Crippen LogP contribution in [0.25, 0.3) is 0 Å². The second-order valence-electron chi connectivity index (χ2n) is 3.79. The van der Waals surface area contributed by atoms with Gasteiger partial charge in [-0.15, -0.1) is 0 Å². The van der Waals surface area contributed by atoms with Gasteiger partial charge in [0.15, 0.2) is 0 Å². The van der Waals surface area contributed by atoms with E-state index in [2.05, 4.69) is 5.32 Å². The summed E-state index contributed by atoms with van der Waals surface area (Å²) in [6, 6.07) is 0. The van der Waals surface area contributed by atoms with Crippen molar-refractivity contribution in [3.63, 3.8) is 0 Å². The highest BCUT2D eigenvalue weighted by Gasteiger charge is 2.27. The van der Waals surface area contributed by atoms with E-state index in [9.17, 15) is 13.2 Å². The van der Waals surface area contributed by atoms with Gasteiger partial charge in [-0.2, -0.15) is 13.2 Å². The third-order valence-electron chi connectivity index (χ3n) is 1.58. The molecular formula is C8H16F3NOS. The molecule has 0 aliphatic carbocycles. The first kappa shape index (κ1) is 14.1. The van der Waals surface area contributed by atoms with E-state index in [1.54, 1.807) is 0 Å². The van der Waals surface area contributed by atoms with Crippen LogP contribution in [0.2, 0.25) is 0 Å². The van der Waals surface area contributed by atoms with Gasteiger partial charge in [-0.3, -0.25) is 0 Å². The first-order valence-electron chi connectivity index (χ1n) is 4.29. The van der Waals surface area contributed by atoms with Crippen molar-refractivity contribution in [2.45, 2.75) is 19.4 Å². The van der Waals surface area contributed by atoms with Crippen LogP contribution in [-0.4, -0.2) is 36.1 Å². The fourth-order valence-electron chi connectivity index (χ4n) is 0.722. The molecule has 6 heteroatoms. The number of hydrogen-bond donors (Lipinski definition) is 2. The van der Waals surface area contributed by atoms with Gasteiger partial charge in [0.2, 0.25) is 0 Å². The van der Waals surface area contributed by atoms with E-state index in [-0.39, 0.29) is 29.5 Å². The van der Waals surface area contributed by atoms with Gasteiger partial charge in [-0.1, -0.05) is 13.8 Å². The molecule has 0 aliphatic rings. The van der Waals surface area contributed by atoms with Gasteiger partial charge in [-0.25, -0.2) is 0 Å². The number of halogens is 3. The van der Waals surface area contributed by atoms with Crippen LogP contribution in [0.3, 0.4) is 0 Å². The summed E-state index contributed by atoms with van der Waals surface area (Å²) in [7, 11) is 0. The van der Waals surface area contributed by atoms with Crippen LogP contribution in [0.15, 0.2) is 0 Å². The Balaban J connectivity index is 3.39. The SMILES string of the molecule is CC(C)(CO)CNCCSC(F)(F)F. The molecule has 0 radical (unpaired) electrons. The molecule has 0 bridgehead atoms. The summed E-state index contributed by atoms with van der Waals surface area (Å²) in [6.07, 6.45) is 0. The zero-order chi connectivity index (χ0) is 11.2. The Morgan fingerprint density at radius 2 is 1.86 bits per heavy atom. The lowest BCUT2D eigenvalue weighted by Gasteiger charge is -2.21. The van der Waals surface area contributed by atoms with Gasteiger partial charge in [0.1, 0.15) is 0 Å². The van der Waals surface area contributed by atoms with E-state index in [4.69, 9.17) is 5.11 Å². The zero-order valence-corrected chi connectivity index (χ0v) is 9.13. The summed E-state index contributed by atoms with van der Waals surface area (Å²) in [5.74, 6) is 0.00497. The molecule has 0 rings (SSSR count). The van der Waals surface area contributed by atoms with Gasteiger partial charge < -0.3 is 10.4 Å². The van der Waals surface area contributed by atoms with Crippen molar-refractivity contribution in [2.75, 3.05) is 25.4 Å². The van der Waals surface area contributed by atoms with Crippen LogP contribution in [0.4, 0.5) is 13.2 Å². The average molecular weight is 231 g/mol. The van der Waals surface area contributed by atoms with E-state index in [0.29, 0.717) is 13.1 Å². The topological polar surface area (TPSA) is 32.3 Å². The molecule has 86 valence electrons. The van der Waals surface area contributed by atoms with Crippen molar-refractivity contribution in [2.24, 2.45) is 5.41 Å². The van der Waals surface area contributed by atoms with E-state index in [1.807, 2.05) is 13.8 Å². The lowest BCUT2D eigenvalue weighted by atomic mass is 9.95. The number of rotatable bonds is 6. The molecule has 0 fully saturated rings. The third kappa shape index (κ3) is 8.65. The quantitative estimate of drug-likeness (QED) is 0.684. The van der Waals surface area contributed by atoms with Crippen molar-refractivity contribution < 1.29 is 18.3 Å². The standard InChI is InChI=1S/C8H16F3NOS/c1-7(2,6-13)5-12-3-4-14-8(9,10)11/h12-13H,3-6H2,1-2H3. The summed E-state index contributed by atoms with van der Waals surface area (Å²) in [4.78, 5) is 0. The number of hydrogen-bond acceptors (Lipinski definition) is 3. The van der Waals surface area contributed by atoms with Gasteiger partial charge in [-0.05, 0) is 11.8 Å². The second-order valence-corrected chi connectivity index (χ2v) is 4.95. The Kier molecular flexibility index (Phi) is 5.85. The van der Waals surface area contributed by atoms with Crippen molar-refractivity contribution >= 4 is 11.8 Å². The second kappa shape index (κ2) is 5.82. The Hall–Kier alpha value is 0.0600. The minimum absolute atomic E-state index is 0.00497. The highest BCUT2D eigenvalue weighted by molar-refractivity contribution is 8.00. The van der Waals surface area contributed by atoms with Gasteiger partial charge >= 0.3 is 5.51 Å². The van der Waals surface area contributed by atoms with Gasteiger partial charge in [0, 0.05) is 30.9 Å². The lowest BCUT2D eigenvalue weighted by Crippen LogP contribution is -2.33. The minimum Gasteiger partial charge on any atom is -0.396 e. The number of thioether (sulfide) groups is 1. The molecule has 0 saturated carbocycles. The molecule has 0 amide bonds. The Morgan fingerprint density at radius 1 is 1.29 bits per heavy atom. The van der Waals surface area contributed by atoms with E-state index in [0.717, 1.165) is 0 Å². The van der Waals surface area contributed by atoms with Crippen molar-refractivity contribution in [1.82, 2.24) is 5.32 Å². The van der Waals surface area contributed by atoms with Gasteiger partial charge in [0.05, 0.1) is 0 Å². The molecule has 0 aliphatic heterocycles. The molecule has 2 N–H and O–H groups in total. The number of alkyl halides is 3. The maximum atomic E-state index is 11.7. The largest absolute Gasteiger partial charge is 0.441 e. The van der Waals surface area contributed by atoms with Gasteiger partial charge in [0.25, 0.3) is 0 Å². The highest BCUT2D eigenvalue weighted by atomic mass is 32.2. The first-order chi connectivity index (χ1) is 6.27. The molecule has 0 aromatic heterocycles. The van der Waals surface area contributed by atoms with Crippen LogP contribution in [0.1, 0.15) is 13.8 Å². The molecule has 0 saturated heterocycles. The van der Waals surface area contributed by atoms with Crippen LogP contribution < -0.4 is 5.32 Å². The number of aliphatic hydroxyl groups excluding tert-OH is 1. The maximum absolute atomic E-state index is 11.7.